The Balaban J connectivity index is 1.62. The van der Waals surface area contributed by atoms with E-state index in [9.17, 15) is 14.8 Å². The van der Waals surface area contributed by atoms with Crippen molar-refractivity contribution < 1.29 is 23.8 Å². The monoisotopic (exact) mass is 428 g/mol. The van der Waals surface area contributed by atoms with Gasteiger partial charge < -0.3 is 14.7 Å². The molecule has 0 aliphatic carbocycles. The van der Waals surface area contributed by atoms with E-state index < -0.39 is 11.8 Å². The van der Waals surface area contributed by atoms with E-state index in [2.05, 4.69) is 4.98 Å². The molecule has 0 radical (unpaired) electrons. The largest absolute Gasteiger partial charge is 0.618 e. The molecule has 160 valence electrons. The first-order valence-electron chi connectivity index (χ1n) is 9.96. The van der Waals surface area contributed by atoms with Crippen molar-refractivity contribution in [3.63, 3.8) is 0 Å². The van der Waals surface area contributed by atoms with E-state index in [0.29, 0.717) is 21.6 Å². The molecule has 4 aromatic rings. The molecule has 0 fully saturated rings. The Kier molecular flexibility index (Phi) is 6.07. The molecular formula is C25H20N2O5. The molecule has 0 amide bonds. The van der Waals surface area contributed by atoms with Gasteiger partial charge in [-0.3, -0.25) is 9.59 Å². The molecule has 0 bridgehead atoms. The minimum absolute atomic E-state index is 0.0386. The molecular weight excluding hydrogens is 408 g/mol. The van der Waals surface area contributed by atoms with E-state index in [1.165, 1.54) is 0 Å². The summed E-state index contributed by atoms with van der Waals surface area (Å²) >= 11 is 0. The zero-order valence-corrected chi connectivity index (χ0v) is 17.4. The summed E-state index contributed by atoms with van der Waals surface area (Å²) in [6.07, 6.45) is 0.0386. The van der Waals surface area contributed by atoms with Crippen LogP contribution in [0.3, 0.4) is 0 Å². The van der Waals surface area contributed by atoms with Crippen LogP contribution < -0.4 is 9.47 Å². The highest BCUT2D eigenvalue weighted by atomic mass is 16.5. The number of fused-ring (bicyclic) bond motifs is 1. The summed E-state index contributed by atoms with van der Waals surface area (Å²) in [4.78, 5) is 30.0. The molecule has 3 aromatic carbocycles. The van der Waals surface area contributed by atoms with E-state index in [0.717, 1.165) is 5.56 Å². The van der Waals surface area contributed by atoms with Crippen LogP contribution in [0.1, 0.15) is 27.3 Å². The quantitative estimate of drug-likeness (QED) is 0.194. The predicted octanol–water partition coefficient (Wildman–Crippen LogP) is 3.39. The van der Waals surface area contributed by atoms with Crippen LogP contribution in [-0.4, -0.2) is 23.8 Å². The summed E-state index contributed by atoms with van der Waals surface area (Å²) < 4.78 is 11.1. The number of nitrogens with zero attached hydrogens (tertiary/aromatic N) is 2. The van der Waals surface area contributed by atoms with Crippen molar-refractivity contribution in [1.29, 1.82) is 0 Å². The van der Waals surface area contributed by atoms with Crippen LogP contribution in [0.25, 0.3) is 11.0 Å². The zero-order valence-electron chi connectivity index (χ0n) is 17.4. The summed E-state index contributed by atoms with van der Waals surface area (Å²) in [5.74, 6) is -0.299. The smallest absolute Gasteiger partial charge is 0.310 e. The van der Waals surface area contributed by atoms with Gasteiger partial charge in [-0.15, -0.1) is 0 Å². The highest BCUT2D eigenvalue weighted by Gasteiger charge is 2.28. The molecule has 0 spiro atoms. The number of hydrogen-bond acceptors (Lipinski definition) is 6. The maximum Gasteiger partial charge on any atom is 0.310 e. The number of aromatic nitrogens is 2. The average Bonchev–Trinajstić information content (AvgIpc) is 2.83. The normalized spacial score (nSPS) is 10.7. The van der Waals surface area contributed by atoms with Crippen molar-refractivity contribution in [2.45, 2.75) is 13.0 Å². The molecule has 0 saturated heterocycles. The van der Waals surface area contributed by atoms with Crippen LogP contribution in [0.2, 0.25) is 0 Å². The first kappa shape index (κ1) is 21.0. The number of ketones is 1. The van der Waals surface area contributed by atoms with Crippen LogP contribution in [0, 0.1) is 5.21 Å². The van der Waals surface area contributed by atoms with E-state index in [-0.39, 0.29) is 29.9 Å². The fourth-order valence-electron chi connectivity index (χ4n) is 3.33. The summed E-state index contributed by atoms with van der Waals surface area (Å²) in [6, 6.07) is 22.2. The Bertz CT molecular complexity index is 1270. The molecule has 1 aromatic heterocycles. The van der Waals surface area contributed by atoms with E-state index in [1.54, 1.807) is 86.0 Å². The van der Waals surface area contributed by atoms with Crippen molar-refractivity contribution in [2.75, 3.05) is 7.11 Å². The minimum Gasteiger partial charge on any atom is -0.618 e. The van der Waals surface area contributed by atoms with Crippen molar-refractivity contribution in [3.05, 3.63) is 107 Å². The molecule has 0 saturated carbocycles. The Morgan fingerprint density at radius 3 is 2.34 bits per heavy atom. The van der Waals surface area contributed by atoms with Gasteiger partial charge in [0.15, 0.2) is 5.69 Å². The van der Waals surface area contributed by atoms with Gasteiger partial charge in [-0.1, -0.05) is 54.6 Å². The third-order valence-electron chi connectivity index (χ3n) is 4.96. The fraction of sp³-hybridized carbons (Fsp3) is 0.120. The maximum absolute atomic E-state index is 13.1. The first-order chi connectivity index (χ1) is 15.6. The summed E-state index contributed by atoms with van der Waals surface area (Å²) in [7, 11) is 1.57. The first-order valence-corrected chi connectivity index (χ1v) is 9.96. The number of esters is 1. The number of para-hydroxylation sites is 2. The van der Waals surface area contributed by atoms with Gasteiger partial charge in [0.05, 0.1) is 13.5 Å². The molecule has 0 N–H and O–H groups in total. The Morgan fingerprint density at radius 1 is 0.938 bits per heavy atom. The Labute approximate surface area is 184 Å². The topological polar surface area (TPSA) is 92.4 Å². The van der Waals surface area contributed by atoms with Gasteiger partial charge in [0.1, 0.15) is 17.9 Å². The standard InChI is InChI=1S/C25H20N2O5/c1-31-19-13-11-17(12-14-19)15-23(28)32-16-21-24(25(29)18-7-3-2-4-8-18)27(30)22-10-6-5-9-20(22)26-21/h2-14H,15-16H2,1H3. The molecule has 0 aliphatic heterocycles. The van der Waals surface area contributed by atoms with Crippen LogP contribution in [0.4, 0.5) is 0 Å². The number of carbonyl (C=O) groups excluding carboxylic acids is 2. The van der Waals surface area contributed by atoms with Crippen molar-refractivity contribution in [2.24, 2.45) is 0 Å². The van der Waals surface area contributed by atoms with Gasteiger partial charge in [0, 0.05) is 11.6 Å². The van der Waals surface area contributed by atoms with Crippen molar-refractivity contribution >= 4 is 22.8 Å². The van der Waals surface area contributed by atoms with Gasteiger partial charge in [-0.2, -0.15) is 4.73 Å². The lowest BCUT2D eigenvalue weighted by Gasteiger charge is -2.12. The predicted molar refractivity (Wildman–Crippen MR) is 117 cm³/mol. The maximum atomic E-state index is 13.1. The average molecular weight is 428 g/mol. The number of benzene rings is 3. The number of carbonyl (C=O) groups is 2. The van der Waals surface area contributed by atoms with Crippen LogP contribution in [0.15, 0.2) is 78.9 Å². The van der Waals surface area contributed by atoms with Gasteiger partial charge in [0.2, 0.25) is 5.52 Å². The summed E-state index contributed by atoms with van der Waals surface area (Å²) in [6.45, 7) is -0.296. The Hall–Kier alpha value is -4.26. The van der Waals surface area contributed by atoms with E-state index in [4.69, 9.17) is 9.47 Å². The second-order valence-electron chi connectivity index (χ2n) is 7.07. The summed E-state index contributed by atoms with van der Waals surface area (Å²) in [5.41, 5.74) is 1.72. The van der Waals surface area contributed by atoms with Crippen LogP contribution in [-0.2, 0) is 22.6 Å². The van der Waals surface area contributed by atoms with E-state index in [1.807, 2.05) is 0 Å². The molecule has 7 heteroatoms. The third kappa shape index (κ3) is 4.41. The molecule has 1 heterocycles. The number of rotatable bonds is 7. The van der Waals surface area contributed by atoms with Crippen molar-refractivity contribution in [1.82, 2.24) is 4.98 Å². The lowest BCUT2D eigenvalue weighted by atomic mass is 10.1. The minimum atomic E-state index is -0.499. The zero-order chi connectivity index (χ0) is 22.5. The number of ether oxygens (including phenoxy) is 2. The second kappa shape index (κ2) is 9.26. The van der Waals surface area contributed by atoms with Gasteiger partial charge in [-0.05, 0) is 23.8 Å². The lowest BCUT2D eigenvalue weighted by Crippen LogP contribution is -2.38. The van der Waals surface area contributed by atoms with E-state index >= 15 is 0 Å². The highest BCUT2D eigenvalue weighted by molar-refractivity contribution is 6.07. The molecule has 0 atom stereocenters. The van der Waals surface area contributed by atoms with Crippen molar-refractivity contribution in [3.8, 4) is 5.75 Å². The SMILES string of the molecule is COc1ccc(CC(=O)OCc2nc3ccccc3[n+]([O-])c2C(=O)c2ccccc2)cc1. The third-order valence-corrected chi connectivity index (χ3v) is 4.96. The van der Waals surface area contributed by atoms with Crippen LogP contribution in [0.5, 0.6) is 5.75 Å². The number of hydrogen-bond donors (Lipinski definition) is 0. The highest BCUT2D eigenvalue weighted by Crippen LogP contribution is 2.17. The van der Waals surface area contributed by atoms with Gasteiger partial charge >= 0.3 is 5.97 Å². The lowest BCUT2D eigenvalue weighted by molar-refractivity contribution is -0.580. The number of methoxy groups -OCH3 is 1. The molecule has 4 rings (SSSR count). The van der Waals surface area contributed by atoms with Gasteiger partial charge in [-0.25, -0.2) is 4.98 Å². The Morgan fingerprint density at radius 2 is 1.62 bits per heavy atom. The summed E-state index contributed by atoms with van der Waals surface area (Å²) in [5, 5.41) is 13.1. The van der Waals surface area contributed by atoms with Gasteiger partial charge in [0.25, 0.3) is 11.5 Å². The fourth-order valence-corrected chi connectivity index (χ4v) is 3.33. The second-order valence-corrected chi connectivity index (χ2v) is 7.07. The molecule has 0 aliphatic rings. The molecule has 7 nitrogen and oxygen atoms in total. The molecule has 32 heavy (non-hydrogen) atoms. The molecule has 0 unspecified atom stereocenters. The van der Waals surface area contributed by atoms with Crippen LogP contribution >= 0.6 is 0 Å².